The normalized spacial score (nSPS) is 11.8. The molecule has 0 atom stereocenters. The van der Waals surface area contributed by atoms with Gasteiger partial charge >= 0.3 is 6.18 Å². The zero-order chi connectivity index (χ0) is 11.8. The number of rotatable bonds is 1. The van der Waals surface area contributed by atoms with Crippen LogP contribution < -0.4 is 0 Å². The van der Waals surface area contributed by atoms with E-state index in [1.165, 1.54) is 29.1 Å². The van der Waals surface area contributed by atoms with Crippen LogP contribution in [0.3, 0.4) is 0 Å². The first-order valence-corrected chi connectivity index (χ1v) is 5.01. The van der Waals surface area contributed by atoms with E-state index in [4.69, 9.17) is 0 Å². The summed E-state index contributed by atoms with van der Waals surface area (Å²) in [6.45, 7) is 0. The van der Waals surface area contributed by atoms with E-state index < -0.39 is 11.7 Å². The number of halogens is 4. The Morgan fingerprint density at radius 1 is 1.19 bits per heavy atom. The first-order chi connectivity index (χ1) is 7.50. The van der Waals surface area contributed by atoms with E-state index in [1.54, 1.807) is 0 Å². The van der Waals surface area contributed by atoms with Gasteiger partial charge in [-0.25, -0.2) is 0 Å². The zero-order valence-electron chi connectivity index (χ0n) is 7.74. The predicted octanol–water partition coefficient (Wildman–Crippen LogP) is 3.05. The highest BCUT2D eigenvalue weighted by Gasteiger charge is 2.33. The number of aromatic nitrogens is 3. The van der Waals surface area contributed by atoms with Crippen LogP contribution in [-0.2, 0) is 6.18 Å². The van der Waals surface area contributed by atoms with Gasteiger partial charge in [-0.3, -0.25) is 4.57 Å². The van der Waals surface area contributed by atoms with Crippen LogP contribution in [0.2, 0.25) is 0 Å². The van der Waals surface area contributed by atoms with Crippen molar-refractivity contribution in [2.45, 2.75) is 6.18 Å². The molecular weight excluding hydrogens is 287 g/mol. The Hall–Kier alpha value is -1.37. The van der Waals surface area contributed by atoms with E-state index in [-0.39, 0.29) is 10.4 Å². The van der Waals surface area contributed by atoms with Crippen molar-refractivity contribution in [3.63, 3.8) is 0 Å². The van der Waals surface area contributed by atoms with Gasteiger partial charge in [-0.15, -0.1) is 10.2 Å². The first kappa shape index (κ1) is 11.1. The van der Waals surface area contributed by atoms with Crippen molar-refractivity contribution in [1.29, 1.82) is 0 Å². The molecule has 0 aliphatic rings. The van der Waals surface area contributed by atoms with Gasteiger partial charge in [0.15, 0.2) is 0 Å². The van der Waals surface area contributed by atoms with Gasteiger partial charge in [-0.1, -0.05) is 12.1 Å². The Labute approximate surface area is 97.0 Å². The largest absolute Gasteiger partial charge is 0.418 e. The highest BCUT2D eigenvalue weighted by atomic mass is 79.9. The third kappa shape index (κ3) is 1.95. The Kier molecular flexibility index (Phi) is 2.71. The Morgan fingerprint density at radius 3 is 2.44 bits per heavy atom. The molecule has 0 unspecified atom stereocenters. The van der Waals surface area contributed by atoms with Crippen LogP contribution in [0.4, 0.5) is 13.2 Å². The number of hydrogen-bond acceptors (Lipinski definition) is 2. The second-order valence-electron chi connectivity index (χ2n) is 2.98. The molecular formula is C9H5BrF3N3. The summed E-state index contributed by atoms with van der Waals surface area (Å²) >= 11 is 3.03. The number of para-hydroxylation sites is 1. The second-order valence-corrected chi connectivity index (χ2v) is 3.69. The van der Waals surface area contributed by atoms with Crippen LogP contribution >= 0.6 is 15.9 Å². The lowest BCUT2D eigenvalue weighted by molar-refractivity contribution is -0.137. The number of benzene rings is 1. The molecule has 0 N–H and O–H groups in total. The minimum atomic E-state index is -4.40. The van der Waals surface area contributed by atoms with Gasteiger partial charge < -0.3 is 0 Å². The summed E-state index contributed by atoms with van der Waals surface area (Å²) in [5, 5.41) is 7.10. The van der Waals surface area contributed by atoms with Crippen molar-refractivity contribution < 1.29 is 13.2 Å². The van der Waals surface area contributed by atoms with E-state index >= 15 is 0 Å². The average Bonchev–Trinajstić information content (AvgIpc) is 2.63. The molecule has 0 spiro atoms. The molecule has 0 saturated heterocycles. The van der Waals surface area contributed by atoms with E-state index in [0.717, 1.165) is 6.07 Å². The first-order valence-electron chi connectivity index (χ1n) is 4.22. The average molecular weight is 292 g/mol. The second kappa shape index (κ2) is 3.89. The van der Waals surface area contributed by atoms with Gasteiger partial charge in [0.05, 0.1) is 11.3 Å². The smallest absolute Gasteiger partial charge is 0.276 e. The lowest BCUT2D eigenvalue weighted by atomic mass is 10.1. The van der Waals surface area contributed by atoms with Crippen molar-refractivity contribution in [3.05, 3.63) is 40.9 Å². The molecule has 16 heavy (non-hydrogen) atoms. The van der Waals surface area contributed by atoms with Gasteiger partial charge in [-0.05, 0) is 28.1 Å². The van der Waals surface area contributed by atoms with Crippen LogP contribution in [0.5, 0.6) is 0 Å². The van der Waals surface area contributed by atoms with E-state index in [2.05, 4.69) is 26.1 Å². The van der Waals surface area contributed by atoms with Gasteiger partial charge in [0.25, 0.3) is 0 Å². The maximum Gasteiger partial charge on any atom is 0.418 e. The Balaban J connectivity index is 2.62. The summed E-state index contributed by atoms with van der Waals surface area (Å²) in [5.41, 5.74) is -0.734. The van der Waals surface area contributed by atoms with Gasteiger partial charge in [0.1, 0.15) is 6.33 Å². The van der Waals surface area contributed by atoms with Crippen LogP contribution in [0.1, 0.15) is 5.56 Å². The maximum atomic E-state index is 12.7. The summed E-state index contributed by atoms with van der Waals surface area (Å²) < 4.78 is 39.6. The molecule has 7 heteroatoms. The standard InChI is InChI=1S/C9H5BrF3N3/c10-8-15-14-5-16(8)7-4-2-1-3-6(7)9(11,12)13/h1-5H. The molecule has 0 bridgehead atoms. The van der Waals surface area contributed by atoms with Crippen LogP contribution in [0, 0.1) is 0 Å². The Bertz CT molecular complexity index is 507. The van der Waals surface area contributed by atoms with Gasteiger partial charge in [-0.2, -0.15) is 13.2 Å². The van der Waals surface area contributed by atoms with Crippen LogP contribution in [0.15, 0.2) is 35.3 Å². The fourth-order valence-corrected chi connectivity index (χ4v) is 1.68. The fourth-order valence-electron chi connectivity index (χ4n) is 1.31. The van der Waals surface area contributed by atoms with Crippen molar-refractivity contribution >= 4 is 15.9 Å². The molecule has 1 aromatic carbocycles. The number of nitrogens with zero attached hydrogens (tertiary/aromatic N) is 3. The minimum absolute atomic E-state index is 0.00752. The molecule has 1 aromatic heterocycles. The molecule has 0 aliphatic heterocycles. The molecule has 0 amide bonds. The third-order valence-corrected chi connectivity index (χ3v) is 2.52. The zero-order valence-corrected chi connectivity index (χ0v) is 9.33. The molecule has 0 aliphatic carbocycles. The third-order valence-electron chi connectivity index (χ3n) is 1.98. The lowest BCUT2D eigenvalue weighted by Gasteiger charge is -2.12. The summed E-state index contributed by atoms with van der Waals surface area (Å²) in [4.78, 5) is 0. The van der Waals surface area contributed by atoms with Crippen LogP contribution in [-0.4, -0.2) is 14.8 Å². The number of alkyl halides is 3. The van der Waals surface area contributed by atoms with E-state index in [1.807, 2.05) is 0 Å². The summed E-state index contributed by atoms with van der Waals surface area (Å²) in [6.07, 6.45) is -3.19. The number of hydrogen-bond donors (Lipinski definition) is 0. The van der Waals surface area contributed by atoms with Gasteiger partial charge in [0.2, 0.25) is 4.73 Å². The lowest BCUT2D eigenvalue weighted by Crippen LogP contribution is -2.10. The summed E-state index contributed by atoms with van der Waals surface area (Å²) in [7, 11) is 0. The quantitative estimate of drug-likeness (QED) is 0.808. The van der Waals surface area contributed by atoms with E-state index in [9.17, 15) is 13.2 Å². The van der Waals surface area contributed by atoms with Crippen LogP contribution in [0.25, 0.3) is 5.69 Å². The molecule has 0 radical (unpaired) electrons. The Morgan fingerprint density at radius 2 is 1.88 bits per heavy atom. The highest BCUT2D eigenvalue weighted by molar-refractivity contribution is 9.10. The van der Waals surface area contributed by atoms with Crippen molar-refractivity contribution in [3.8, 4) is 5.69 Å². The minimum Gasteiger partial charge on any atom is -0.276 e. The van der Waals surface area contributed by atoms with Crippen molar-refractivity contribution in [1.82, 2.24) is 14.8 Å². The molecule has 3 nitrogen and oxygen atoms in total. The molecule has 0 saturated carbocycles. The molecule has 1 heterocycles. The maximum absolute atomic E-state index is 12.7. The summed E-state index contributed by atoms with van der Waals surface area (Å²) in [5.74, 6) is 0. The van der Waals surface area contributed by atoms with Gasteiger partial charge in [0, 0.05) is 0 Å². The SMILES string of the molecule is FC(F)(F)c1ccccc1-n1cnnc1Br. The van der Waals surface area contributed by atoms with Crippen molar-refractivity contribution in [2.24, 2.45) is 0 Å². The monoisotopic (exact) mass is 291 g/mol. The van der Waals surface area contributed by atoms with Crippen molar-refractivity contribution in [2.75, 3.05) is 0 Å². The summed E-state index contributed by atoms with van der Waals surface area (Å²) in [6, 6.07) is 5.24. The predicted molar refractivity (Wildman–Crippen MR) is 54.1 cm³/mol. The topological polar surface area (TPSA) is 30.7 Å². The fraction of sp³-hybridized carbons (Fsp3) is 0.111. The molecule has 2 aromatic rings. The highest BCUT2D eigenvalue weighted by Crippen LogP contribution is 2.34. The molecule has 84 valence electrons. The van der Waals surface area contributed by atoms with E-state index in [0.29, 0.717) is 0 Å². The molecule has 2 rings (SSSR count). The molecule has 0 fully saturated rings.